The lowest BCUT2D eigenvalue weighted by Crippen LogP contribution is -2.35. The number of likely N-dealkylation sites (tertiary alicyclic amines) is 1. The van der Waals surface area contributed by atoms with Crippen molar-refractivity contribution in [1.82, 2.24) is 14.5 Å². The molecular weight excluding hydrogens is 426 g/mol. The minimum absolute atomic E-state index is 0.0376. The topological polar surface area (TPSA) is 55.2 Å². The number of fused-ring (bicyclic) bond motifs is 1. The SMILES string of the molecule is CCCn1c(SCC(=O)N2CCCCCCC2)nc2ccc(Br)cc2c1=O. The van der Waals surface area contributed by atoms with Crippen molar-refractivity contribution < 1.29 is 4.79 Å². The Labute approximate surface area is 172 Å². The number of amides is 1. The summed E-state index contributed by atoms with van der Waals surface area (Å²) >= 11 is 4.81. The summed E-state index contributed by atoms with van der Waals surface area (Å²) in [6, 6.07) is 5.55. The molecule has 146 valence electrons. The quantitative estimate of drug-likeness (QED) is 0.497. The van der Waals surface area contributed by atoms with Gasteiger partial charge in [0.25, 0.3) is 5.56 Å². The van der Waals surface area contributed by atoms with Crippen LogP contribution in [-0.4, -0.2) is 39.2 Å². The summed E-state index contributed by atoms with van der Waals surface area (Å²) in [5, 5.41) is 1.24. The number of hydrogen-bond donors (Lipinski definition) is 0. The van der Waals surface area contributed by atoms with E-state index in [1.807, 2.05) is 30.0 Å². The Kier molecular flexibility index (Phi) is 7.35. The van der Waals surface area contributed by atoms with Crippen LogP contribution in [0.3, 0.4) is 0 Å². The second kappa shape index (κ2) is 9.73. The molecule has 27 heavy (non-hydrogen) atoms. The molecule has 0 bridgehead atoms. The lowest BCUT2D eigenvalue weighted by atomic mass is 10.1. The zero-order valence-corrected chi connectivity index (χ0v) is 18.1. The Morgan fingerprint density at radius 1 is 1.19 bits per heavy atom. The van der Waals surface area contributed by atoms with Gasteiger partial charge in [0.15, 0.2) is 5.16 Å². The number of benzene rings is 1. The van der Waals surface area contributed by atoms with E-state index in [0.29, 0.717) is 28.4 Å². The highest BCUT2D eigenvalue weighted by Crippen LogP contribution is 2.22. The van der Waals surface area contributed by atoms with Crippen molar-refractivity contribution in [2.75, 3.05) is 18.8 Å². The number of carbonyl (C=O) groups excluding carboxylic acids is 1. The lowest BCUT2D eigenvalue weighted by Gasteiger charge is -2.24. The molecule has 0 unspecified atom stereocenters. The van der Waals surface area contributed by atoms with E-state index in [1.165, 1.54) is 31.0 Å². The van der Waals surface area contributed by atoms with Gasteiger partial charge in [-0.05, 0) is 37.5 Å². The molecule has 0 N–H and O–H groups in total. The fourth-order valence-corrected chi connectivity index (χ4v) is 4.71. The molecule has 1 aliphatic heterocycles. The summed E-state index contributed by atoms with van der Waals surface area (Å²) in [7, 11) is 0. The van der Waals surface area contributed by atoms with E-state index in [1.54, 1.807) is 4.57 Å². The van der Waals surface area contributed by atoms with Crippen LogP contribution >= 0.6 is 27.7 Å². The Morgan fingerprint density at radius 2 is 1.89 bits per heavy atom. The van der Waals surface area contributed by atoms with Gasteiger partial charge >= 0.3 is 0 Å². The van der Waals surface area contributed by atoms with Crippen molar-refractivity contribution in [2.45, 2.75) is 57.1 Å². The fraction of sp³-hybridized carbons (Fsp3) is 0.550. The van der Waals surface area contributed by atoms with E-state index >= 15 is 0 Å². The molecule has 5 nitrogen and oxygen atoms in total. The lowest BCUT2D eigenvalue weighted by molar-refractivity contribution is -0.128. The van der Waals surface area contributed by atoms with Crippen LogP contribution in [0.1, 0.15) is 45.4 Å². The maximum absolute atomic E-state index is 12.9. The number of thioether (sulfide) groups is 1. The van der Waals surface area contributed by atoms with Crippen LogP contribution in [0.2, 0.25) is 0 Å². The summed E-state index contributed by atoms with van der Waals surface area (Å²) in [6.45, 7) is 4.34. The highest BCUT2D eigenvalue weighted by molar-refractivity contribution is 9.10. The number of rotatable bonds is 5. The summed E-state index contributed by atoms with van der Waals surface area (Å²) in [4.78, 5) is 32.3. The molecule has 0 saturated carbocycles. The summed E-state index contributed by atoms with van der Waals surface area (Å²) in [5.74, 6) is 0.480. The Morgan fingerprint density at radius 3 is 2.59 bits per heavy atom. The van der Waals surface area contributed by atoms with E-state index in [0.717, 1.165) is 36.8 Å². The highest BCUT2D eigenvalue weighted by atomic mass is 79.9. The molecule has 1 amide bonds. The van der Waals surface area contributed by atoms with Crippen molar-refractivity contribution in [2.24, 2.45) is 0 Å². The first kappa shape index (κ1) is 20.4. The minimum atomic E-state index is -0.0376. The molecular formula is C20H26BrN3O2S. The molecule has 2 heterocycles. The molecule has 0 spiro atoms. The van der Waals surface area contributed by atoms with Crippen molar-refractivity contribution >= 4 is 44.5 Å². The molecule has 0 radical (unpaired) electrons. The molecule has 0 atom stereocenters. The fourth-order valence-electron chi connectivity index (χ4n) is 3.42. The average molecular weight is 452 g/mol. The van der Waals surface area contributed by atoms with Gasteiger partial charge in [-0.2, -0.15) is 0 Å². The van der Waals surface area contributed by atoms with Gasteiger partial charge in [0.2, 0.25) is 5.91 Å². The third-order valence-electron chi connectivity index (χ3n) is 4.86. The molecule has 1 aromatic heterocycles. The molecule has 1 fully saturated rings. The monoisotopic (exact) mass is 451 g/mol. The first-order valence-electron chi connectivity index (χ1n) is 9.71. The smallest absolute Gasteiger partial charge is 0.262 e. The first-order valence-corrected chi connectivity index (χ1v) is 11.5. The normalized spacial score (nSPS) is 15.6. The van der Waals surface area contributed by atoms with Crippen LogP contribution in [-0.2, 0) is 11.3 Å². The average Bonchev–Trinajstić information content (AvgIpc) is 2.63. The third-order valence-corrected chi connectivity index (χ3v) is 6.32. The van der Waals surface area contributed by atoms with Gasteiger partial charge in [-0.25, -0.2) is 4.98 Å². The van der Waals surface area contributed by atoms with Gasteiger partial charge < -0.3 is 4.90 Å². The Hall–Kier alpha value is -1.34. The van der Waals surface area contributed by atoms with Crippen molar-refractivity contribution in [3.8, 4) is 0 Å². The van der Waals surface area contributed by atoms with Gasteiger partial charge in [-0.3, -0.25) is 14.2 Å². The highest BCUT2D eigenvalue weighted by Gasteiger charge is 2.17. The summed E-state index contributed by atoms with van der Waals surface area (Å²) in [6.07, 6.45) is 6.69. The number of halogens is 1. The summed E-state index contributed by atoms with van der Waals surface area (Å²) < 4.78 is 2.57. The molecule has 0 aliphatic carbocycles. The second-order valence-electron chi connectivity index (χ2n) is 6.95. The van der Waals surface area contributed by atoms with E-state index in [4.69, 9.17) is 0 Å². The first-order chi connectivity index (χ1) is 13.1. The maximum atomic E-state index is 12.9. The van der Waals surface area contributed by atoms with Crippen LogP contribution < -0.4 is 5.56 Å². The zero-order valence-electron chi connectivity index (χ0n) is 15.7. The third kappa shape index (κ3) is 5.13. The van der Waals surface area contributed by atoms with E-state index in [-0.39, 0.29) is 11.5 Å². The van der Waals surface area contributed by atoms with Crippen molar-refractivity contribution in [3.63, 3.8) is 0 Å². The molecule has 2 aromatic rings. The van der Waals surface area contributed by atoms with Crippen LogP contribution in [0.4, 0.5) is 0 Å². The van der Waals surface area contributed by atoms with Gasteiger partial charge in [0.05, 0.1) is 16.7 Å². The van der Waals surface area contributed by atoms with Gasteiger partial charge in [-0.15, -0.1) is 0 Å². The number of nitrogens with zero attached hydrogens (tertiary/aromatic N) is 3. The van der Waals surface area contributed by atoms with Gasteiger partial charge in [0.1, 0.15) is 0 Å². The largest absolute Gasteiger partial charge is 0.342 e. The van der Waals surface area contributed by atoms with E-state index in [2.05, 4.69) is 20.9 Å². The van der Waals surface area contributed by atoms with Crippen LogP contribution in [0.25, 0.3) is 10.9 Å². The molecule has 1 saturated heterocycles. The number of aromatic nitrogens is 2. The van der Waals surface area contributed by atoms with Crippen LogP contribution in [0.15, 0.2) is 32.6 Å². The molecule has 1 aliphatic rings. The molecule has 1 aromatic carbocycles. The molecule has 7 heteroatoms. The van der Waals surface area contributed by atoms with E-state index in [9.17, 15) is 9.59 Å². The number of hydrogen-bond acceptors (Lipinski definition) is 4. The van der Waals surface area contributed by atoms with E-state index < -0.39 is 0 Å². The maximum Gasteiger partial charge on any atom is 0.262 e. The van der Waals surface area contributed by atoms with Crippen LogP contribution in [0.5, 0.6) is 0 Å². The summed E-state index contributed by atoms with van der Waals surface area (Å²) in [5.41, 5.74) is 0.640. The standard InChI is InChI=1S/C20H26BrN3O2S/c1-2-10-24-19(26)16-13-15(21)8-9-17(16)22-20(24)27-14-18(25)23-11-6-4-3-5-7-12-23/h8-9,13H,2-7,10-12,14H2,1H3. The van der Waals surface area contributed by atoms with Crippen LogP contribution in [0, 0.1) is 0 Å². The second-order valence-corrected chi connectivity index (χ2v) is 8.81. The van der Waals surface area contributed by atoms with Crippen molar-refractivity contribution in [1.29, 1.82) is 0 Å². The van der Waals surface area contributed by atoms with Gasteiger partial charge in [0, 0.05) is 24.1 Å². The zero-order chi connectivity index (χ0) is 19.2. The molecule has 3 rings (SSSR count). The predicted molar refractivity (Wildman–Crippen MR) is 114 cm³/mol. The Bertz CT molecular complexity index is 860. The predicted octanol–water partition coefficient (Wildman–Crippen LogP) is 4.45. The van der Waals surface area contributed by atoms with Gasteiger partial charge in [-0.1, -0.05) is 53.9 Å². The minimum Gasteiger partial charge on any atom is -0.342 e. The Balaban J connectivity index is 1.80. The van der Waals surface area contributed by atoms with Crippen molar-refractivity contribution in [3.05, 3.63) is 33.0 Å². The number of carbonyl (C=O) groups is 1.